The number of nitrogens with one attached hydrogen (secondary N) is 1. The Bertz CT molecular complexity index is 489. The summed E-state index contributed by atoms with van der Waals surface area (Å²) in [5, 5.41) is 2.75. The van der Waals surface area contributed by atoms with Crippen molar-refractivity contribution in [2.75, 3.05) is 19.5 Å². The van der Waals surface area contributed by atoms with Crippen molar-refractivity contribution in [1.29, 1.82) is 0 Å². The fraction of sp³-hybridized carbons (Fsp3) is 0.429. The van der Waals surface area contributed by atoms with E-state index < -0.39 is 11.4 Å². The summed E-state index contributed by atoms with van der Waals surface area (Å²) in [5.74, 6) is -0.132. The van der Waals surface area contributed by atoms with E-state index in [0.29, 0.717) is 17.0 Å². The van der Waals surface area contributed by atoms with Crippen molar-refractivity contribution in [3.8, 4) is 5.75 Å². The maximum absolute atomic E-state index is 12.0. The van der Waals surface area contributed by atoms with E-state index in [1.54, 1.807) is 32.9 Å². The summed E-state index contributed by atoms with van der Waals surface area (Å²) < 4.78 is 9.80. The Morgan fingerprint density at radius 2 is 1.79 bits per heavy atom. The van der Waals surface area contributed by atoms with Gasteiger partial charge in [0.1, 0.15) is 5.75 Å². The fourth-order valence-corrected chi connectivity index (χ4v) is 1.36. The van der Waals surface area contributed by atoms with Crippen LogP contribution in [0.3, 0.4) is 0 Å². The van der Waals surface area contributed by atoms with Crippen LogP contribution in [0.4, 0.5) is 5.69 Å². The first-order chi connectivity index (χ1) is 8.79. The lowest BCUT2D eigenvalue weighted by Gasteiger charge is -2.19. The van der Waals surface area contributed by atoms with Gasteiger partial charge in [-0.25, -0.2) is 4.79 Å². The van der Waals surface area contributed by atoms with Gasteiger partial charge in [0.2, 0.25) is 5.91 Å². The number of anilines is 1. The molecule has 1 aromatic rings. The molecule has 1 rings (SSSR count). The van der Waals surface area contributed by atoms with Crippen molar-refractivity contribution >= 4 is 17.6 Å². The minimum Gasteiger partial charge on any atom is -0.495 e. The summed E-state index contributed by atoms with van der Waals surface area (Å²) in [4.78, 5) is 23.4. The molecule has 0 spiro atoms. The van der Waals surface area contributed by atoms with E-state index in [2.05, 4.69) is 10.1 Å². The number of rotatable bonds is 3. The van der Waals surface area contributed by atoms with E-state index in [0.717, 1.165) is 0 Å². The highest BCUT2D eigenvalue weighted by Gasteiger charge is 2.22. The summed E-state index contributed by atoms with van der Waals surface area (Å²) in [6.07, 6.45) is 0. The molecule has 1 amide bonds. The van der Waals surface area contributed by atoms with Crippen LogP contribution in [-0.2, 0) is 9.53 Å². The van der Waals surface area contributed by atoms with Gasteiger partial charge in [-0.15, -0.1) is 0 Å². The SMILES string of the molecule is COC(=O)c1ccc(OC)c(NC(=O)C(C)(C)C)c1. The van der Waals surface area contributed by atoms with Crippen molar-refractivity contribution in [1.82, 2.24) is 0 Å². The molecule has 0 unspecified atom stereocenters. The van der Waals surface area contributed by atoms with Gasteiger partial charge < -0.3 is 14.8 Å². The fourth-order valence-electron chi connectivity index (χ4n) is 1.36. The maximum atomic E-state index is 12.0. The second-order valence-electron chi connectivity index (χ2n) is 5.11. The second kappa shape index (κ2) is 5.73. The molecule has 19 heavy (non-hydrogen) atoms. The first-order valence-electron chi connectivity index (χ1n) is 5.87. The maximum Gasteiger partial charge on any atom is 0.337 e. The smallest absolute Gasteiger partial charge is 0.337 e. The van der Waals surface area contributed by atoms with Crippen LogP contribution in [0.15, 0.2) is 18.2 Å². The van der Waals surface area contributed by atoms with Crippen LogP contribution in [0, 0.1) is 5.41 Å². The second-order valence-corrected chi connectivity index (χ2v) is 5.11. The predicted molar refractivity (Wildman–Crippen MR) is 72.4 cm³/mol. The topological polar surface area (TPSA) is 64.6 Å². The van der Waals surface area contributed by atoms with Crippen LogP contribution in [0.2, 0.25) is 0 Å². The number of ether oxygens (including phenoxy) is 2. The minimum atomic E-state index is -0.535. The lowest BCUT2D eigenvalue weighted by Crippen LogP contribution is -2.27. The quantitative estimate of drug-likeness (QED) is 0.853. The Labute approximate surface area is 112 Å². The van der Waals surface area contributed by atoms with Crippen LogP contribution < -0.4 is 10.1 Å². The van der Waals surface area contributed by atoms with Crippen molar-refractivity contribution < 1.29 is 19.1 Å². The number of hydrogen-bond donors (Lipinski definition) is 1. The first kappa shape index (κ1) is 15.0. The normalized spacial score (nSPS) is 10.8. The number of hydrogen-bond acceptors (Lipinski definition) is 4. The Hall–Kier alpha value is -2.04. The summed E-state index contributed by atoms with van der Waals surface area (Å²) in [6.45, 7) is 5.41. The van der Waals surface area contributed by atoms with E-state index in [9.17, 15) is 9.59 Å². The first-order valence-corrected chi connectivity index (χ1v) is 5.87. The number of esters is 1. The third kappa shape index (κ3) is 3.71. The van der Waals surface area contributed by atoms with Gasteiger partial charge in [-0.2, -0.15) is 0 Å². The van der Waals surface area contributed by atoms with Crippen LogP contribution in [0.25, 0.3) is 0 Å². The molecule has 0 saturated heterocycles. The van der Waals surface area contributed by atoms with E-state index in [-0.39, 0.29) is 5.91 Å². The minimum absolute atomic E-state index is 0.159. The zero-order valence-corrected chi connectivity index (χ0v) is 11.9. The Balaban J connectivity index is 3.10. The molecule has 0 bridgehead atoms. The van der Waals surface area contributed by atoms with Gasteiger partial charge in [0.25, 0.3) is 0 Å². The third-order valence-corrected chi connectivity index (χ3v) is 2.55. The van der Waals surface area contributed by atoms with Gasteiger partial charge in [0, 0.05) is 5.41 Å². The van der Waals surface area contributed by atoms with Crippen molar-refractivity contribution in [2.45, 2.75) is 20.8 Å². The highest BCUT2D eigenvalue weighted by Crippen LogP contribution is 2.27. The van der Waals surface area contributed by atoms with Gasteiger partial charge in [0.15, 0.2) is 0 Å². The Morgan fingerprint density at radius 3 is 2.26 bits per heavy atom. The van der Waals surface area contributed by atoms with Crippen LogP contribution >= 0.6 is 0 Å². The number of benzene rings is 1. The predicted octanol–water partition coefficient (Wildman–Crippen LogP) is 2.47. The molecule has 0 heterocycles. The highest BCUT2D eigenvalue weighted by atomic mass is 16.5. The van der Waals surface area contributed by atoms with Crippen LogP contribution in [0.5, 0.6) is 5.75 Å². The van der Waals surface area contributed by atoms with E-state index in [1.807, 2.05) is 0 Å². The molecule has 0 aliphatic rings. The molecule has 0 aliphatic heterocycles. The molecule has 0 atom stereocenters. The summed E-state index contributed by atoms with van der Waals surface area (Å²) in [6, 6.07) is 4.73. The van der Waals surface area contributed by atoms with Crippen molar-refractivity contribution in [3.63, 3.8) is 0 Å². The largest absolute Gasteiger partial charge is 0.495 e. The van der Waals surface area contributed by atoms with Gasteiger partial charge in [-0.3, -0.25) is 4.79 Å². The molecular formula is C14H19NO4. The lowest BCUT2D eigenvalue weighted by atomic mass is 9.95. The highest BCUT2D eigenvalue weighted by molar-refractivity contribution is 5.98. The number of carbonyl (C=O) groups excluding carboxylic acids is 2. The molecule has 0 aromatic heterocycles. The summed E-state index contributed by atoms with van der Waals surface area (Å²) >= 11 is 0. The zero-order chi connectivity index (χ0) is 14.6. The van der Waals surface area contributed by atoms with Crippen LogP contribution in [-0.4, -0.2) is 26.1 Å². The molecule has 1 aromatic carbocycles. The lowest BCUT2D eigenvalue weighted by molar-refractivity contribution is -0.123. The molecule has 104 valence electrons. The summed E-state index contributed by atoms with van der Waals surface area (Å²) in [7, 11) is 2.81. The van der Waals surface area contributed by atoms with Gasteiger partial charge >= 0.3 is 5.97 Å². The van der Waals surface area contributed by atoms with Crippen LogP contribution in [0.1, 0.15) is 31.1 Å². The van der Waals surface area contributed by atoms with Gasteiger partial charge in [-0.05, 0) is 18.2 Å². The molecule has 5 heteroatoms. The Kier molecular flexibility index (Phi) is 4.53. The monoisotopic (exact) mass is 265 g/mol. The number of carbonyl (C=O) groups is 2. The molecule has 0 fully saturated rings. The molecule has 5 nitrogen and oxygen atoms in total. The summed E-state index contributed by atoms with van der Waals surface area (Å²) in [5.41, 5.74) is 0.268. The van der Waals surface area contributed by atoms with E-state index in [4.69, 9.17) is 4.74 Å². The van der Waals surface area contributed by atoms with E-state index >= 15 is 0 Å². The standard InChI is InChI=1S/C14H19NO4/c1-14(2,3)13(17)15-10-8-9(12(16)19-5)6-7-11(10)18-4/h6-8H,1-5H3,(H,15,17). The molecule has 0 saturated carbocycles. The van der Waals surface area contributed by atoms with Crippen molar-refractivity contribution in [2.24, 2.45) is 5.41 Å². The molecule has 0 aliphatic carbocycles. The van der Waals surface area contributed by atoms with E-state index in [1.165, 1.54) is 20.3 Å². The number of amides is 1. The van der Waals surface area contributed by atoms with Gasteiger partial charge in [-0.1, -0.05) is 20.8 Å². The molecule has 0 radical (unpaired) electrons. The average molecular weight is 265 g/mol. The Morgan fingerprint density at radius 1 is 1.16 bits per heavy atom. The van der Waals surface area contributed by atoms with Crippen molar-refractivity contribution in [3.05, 3.63) is 23.8 Å². The zero-order valence-electron chi connectivity index (χ0n) is 11.9. The molecular weight excluding hydrogens is 246 g/mol. The van der Waals surface area contributed by atoms with Gasteiger partial charge in [0.05, 0.1) is 25.5 Å². The number of methoxy groups -OCH3 is 2. The average Bonchev–Trinajstić information content (AvgIpc) is 2.36. The molecule has 1 N–H and O–H groups in total. The third-order valence-electron chi connectivity index (χ3n) is 2.55.